The molecular weight excluding hydrogens is 172 g/mol. The molecule has 72 valence electrons. The normalized spacial score (nSPS) is 11.3. The zero-order chi connectivity index (χ0) is 9.61. The Kier molecular flexibility index (Phi) is 4.77. The standard InChI is InChI=1S/C6H11BF3O2/c1-12-6(11)4-2-3-5-7(8,9)10/h2-5H2,1H3/q-1. The zero-order valence-corrected chi connectivity index (χ0v) is 6.86. The van der Waals surface area contributed by atoms with Crippen LogP contribution in [0, 0.1) is 0 Å². The fraction of sp³-hybridized carbons (Fsp3) is 0.833. The molecule has 6 heteroatoms. The molecule has 0 unspecified atom stereocenters. The van der Waals surface area contributed by atoms with E-state index in [9.17, 15) is 17.7 Å². The molecule has 0 atom stereocenters. The number of rotatable bonds is 5. The Labute approximate surface area is 69.1 Å². The van der Waals surface area contributed by atoms with Crippen molar-refractivity contribution >= 4 is 12.9 Å². The minimum Gasteiger partial charge on any atom is -0.469 e. The molecule has 0 rings (SSSR count). The Morgan fingerprint density at radius 1 is 1.33 bits per heavy atom. The van der Waals surface area contributed by atoms with Crippen molar-refractivity contribution in [2.45, 2.75) is 25.6 Å². The molecule has 0 radical (unpaired) electrons. The molecule has 0 aliphatic rings. The number of hydrogen-bond acceptors (Lipinski definition) is 2. The number of esters is 1. The first-order chi connectivity index (χ1) is 5.45. The molecule has 0 aromatic carbocycles. The number of methoxy groups -OCH3 is 1. The molecule has 0 fully saturated rings. The van der Waals surface area contributed by atoms with Crippen LogP contribution in [0.25, 0.3) is 0 Å². The van der Waals surface area contributed by atoms with E-state index < -0.39 is 19.3 Å². The number of carbonyl (C=O) groups excluding carboxylic acids is 1. The summed E-state index contributed by atoms with van der Waals surface area (Å²) in [6.45, 7) is -4.69. The SMILES string of the molecule is COC(=O)CCCC[B-](F)(F)F. The van der Waals surface area contributed by atoms with Crippen LogP contribution in [-0.2, 0) is 9.53 Å². The van der Waals surface area contributed by atoms with Crippen molar-refractivity contribution in [3.05, 3.63) is 0 Å². The molecule has 0 saturated heterocycles. The second kappa shape index (κ2) is 5.06. The first kappa shape index (κ1) is 11.3. The van der Waals surface area contributed by atoms with Crippen molar-refractivity contribution in [2.24, 2.45) is 0 Å². The van der Waals surface area contributed by atoms with Crippen LogP contribution in [0.1, 0.15) is 19.3 Å². The van der Waals surface area contributed by atoms with Crippen LogP contribution in [0.2, 0.25) is 6.32 Å². The Hall–Kier alpha value is -0.675. The molecule has 0 aromatic rings. The molecule has 0 aliphatic carbocycles. The van der Waals surface area contributed by atoms with Crippen LogP contribution in [-0.4, -0.2) is 20.1 Å². The lowest BCUT2D eigenvalue weighted by Gasteiger charge is -2.11. The van der Waals surface area contributed by atoms with Gasteiger partial charge >= 0.3 is 12.9 Å². The van der Waals surface area contributed by atoms with Crippen molar-refractivity contribution in [2.75, 3.05) is 7.11 Å². The third-order valence-corrected chi connectivity index (χ3v) is 1.39. The summed E-state index contributed by atoms with van der Waals surface area (Å²) in [7, 11) is 1.22. The molecule has 0 N–H and O–H groups in total. The number of carbonyl (C=O) groups is 1. The van der Waals surface area contributed by atoms with Crippen LogP contribution in [0.15, 0.2) is 0 Å². The molecule has 0 heterocycles. The predicted octanol–water partition coefficient (Wildman–Crippen LogP) is 2.18. The second-order valence-electron chi connectivity index (χ2n) is 2.53. The van der Waals surface area contributed by atoms with E-state index in [4.69, 9.17) is 0 Å². The van der Waals surface area contributed by atoms with Crippen molar-refractivity contribution in [1.82, 2.24) is 0 Å². The van der Waals surface area contributed by atoms with Crippen LogP contribution in [0.5, 0.6) is 0 Å². The van der Waals surface area contributed by atoms with Gasteiger partial charge in [-0.1, -0.05) is 12.7 Å². The van der Waals surface area contributed by atoms with Crippen LogP contribution in [0.4, 0.5) is 12.9 Å². The van der Waals surface area contributed by atoms with Crippen molar-refractivity contribution in [3.63, 3.8) is 0 Å². The third kappa shape index (κ3) is 7.43. The summed E-state index contributed by atoms with van der Waals surface area (Å²) < 4.78 is 39.1. The van der Waals surface area contributed by atoms with Gasteiger partial charge in [-0.25, -0.2) is 0 Å². The van der Waals surface area contributed by atoms with Gasteiger partial charge in [0.1, 0.15) is 0 Å². The van der Waals surface area contributed by atoms with Gasteiger partial charge in [0, 0.05) is 6.42 Å². The quantitative estimate of drug-likeness (QED) is 0.370. The second-order valence-corrected chi connectivity index (χ2v) is 2.53. The lowest BCUT2D eigenvalue weighted by atomic mass is 9.83. The van der Waals surface area contributed by atoms with Gasteiger partial charge < -0.3 is 17.7 Å². The fourth-order valence-electron chi connectivity index (χ4n) is 0.747. The topological polar surface area (TPSA) is 26.3 Å². The lowest BCUT2D eigenvalue weighted by Crippen LogP contribution is -2.13. The van der Waals surface area contributed by atoms with Crippen LogP contribution in [0.3, 0.4) is 0 Å². The molecule has 0 spiro atoms. The van der Waals surface area contributed by atoms with Crippen LogP contribution >= 0.6 is 0 Å². The van der Waals surface area contributed by atoms with Crippen LogP contribution < -0.4 is 0 Å². The predicted molar refractivity (Wildman–Crippen MR) is 39.8 cm³/mol. The average molecular weight is 183 g/mol. The van der Waals surface area contributed by atoms with E-state index in [1.807, 2.05) is 0 Å². The molecular formula is C6H11BF3O2-. The minimum atomic E-state index is -4.69. The number of ether oxygens (including phenoxy) is 1. The van der Waals surface area contributed by atoms with Gasteiger partial charge in [-0.2, -0.15) is 0 Å². The van der Waals surface area contributed by atoms with Gasteiger partial charge in [-0.15, -0.1) is 0 Å². The maximum Gasteiger partial charge on any atom is 0.478 e. The Morgan fingerprint density at radius 3 is 2.33 bits per heavy atom. The van der Waals surface area contributed by atoms with Gasteiger partial charge in [-0.3, -0.25) is 4.79 Å². The van der Waals surface area contributed by atoms with Gasteiger partial charge in [-0.05, 0) is 6.42 Å². The summed E-state index contributed by atoms with van der Waals surface area (Å²) in [6.07, 6.45) is -0.438. The minimum absolute atomic E-state index is 0.0125. The molecule has 0 aromatic heterocycles. The highest BCUT2D eigenvalue weighted by Crippen LogP contribution is 2.18. The van der Waals surface area contributed by atoms with E-state index >= 15 is 0 Å². The van der Waals surface area contributed by atoms with E-state index in [0.717, 1.165) is 0 Å². The molecule has 2 nitrogen and oxygen atoms in total. The number of hydrogen-bond donors (Lipinski definition) is 0. The Balaban J connectivity index is 3.28. The zero-order valence-electron chi connectivity index (χ0n) is 6.86. The summed E-state index contributed by atoms with van der Waals surface area (Å²) in [4.78, 5) is 10.4. The largest absolute Gasteiger partial charge is 0.478 e. The maximum absolute atomic E-state index is 11.6. The van der Waals surface area contributed by atoms with E-state index in [1.165, 1.54) is 7.11 Å². The molecule has 0 bridgehead atoms. The number of unbranched alkanes of at least 4 members (excludes halogenated alkanes) is 1. The summed E-state index contributed by atoms with van der Waals surface area (Å²) in [5.41, 5.74) is 0. The molecule has 0 saturated carbocycles. The summed E-state index contributed by atoms with van der Waals surface area (Å²) in [6, 6.07) is 0. The van der Waals surface area contributed by atoms with E-state index in [2.05, 4.69) is 4.74 Å². The maximum atomic E-state index is 11.6. The van der Waals surface area contributed by atoms with Gasteiger partial charge in [0.05, 0.1) is 7.11 Å². The lowest BCUT2D eigenvalue weighted by molar-refractivity contribution is -0.140. The van der Waals surface area contributed by atoms with Gasteiger partial charge in [0.2, 0.25) is 0 Å². The highest BCUT2D eigenvalue weighted by Gasteiger charge is 2.21. The monoisotopic (exact) mass is 183 g/mol. The van der Waals surface area contributed by atoms with E-state index in [-0.39, 0.29) is 19.3 Å². The van der Waals surface area contributed by atoms with Crippen molar-refractivity contribution in [1.29, 1.82) is 0 Å². The first-order valence-corrected chi connectivity index (χ1v) is 3.73. The van der Waals surface area contributed by atoms with E-state index in [1.54, 1.807) is 0 Å². The highest BCUT2D eigenvalue weighted by molar-refractivity contribution is 6.58. The Morgan fingerprint density at radius 2 is 1.92 bits per heavy atom. The van der Waals surface area contributed by atoms with Crippen molar-refractivity contribution < 1.29 is 22.5 Å². The Bertz CT molecular complexity index is 146. The van der Waals surface area contributed by atoms with Crippen molar-refractivity contribution in [3.8, 4) is 0 Å². The molecule has 0 amide bonds. The molecule has 12 heavy (non-hydrogen) atoms. The summed E-state index contributed by atoms with van der Waals surface area (Å²) >= 11 is 0. The smallest absolute Gasteiger partial charge is 0.469 e. The fourth-order valence-corrected chi connectivity index (χ4v) is 0.747. The highest BCUT2D eigenvalue weighted by atomic mass is 19.4. The number of halogens is 3. The van der Waals surface area contributed by atoms with Gasteiger partial charge in [0.25, 0.3) is 0 Å². The average Bonchev–Trinajstić information content (AvgIpc) is 1.96. The van der Waals surface area contributed by atoms with E-state index in [0.29, 0.717) is 0 Å². The summed E-state index contributed by atoms with van der Waals surface area (Å²) in [5.74, 6) is -0.454. The summed E-state index contributed by atoms with van der Waals surface area (Å²) in [5, 5.41) is 0. The molecule has 0 aliphatic heterocycles. The van der Waals surface area contributed by atoms with Gasteiger partial charge in [0.15, 0.2) is 0 Å². The third-order valence-electron chi connectivity index (χ3n) is 1.39. The first-order valence-electron chi connectivity index (χ1n) is 3.73.